The number of phenols is 10. The van der Waals surface area contributed by atoms with E-state index in [1.165, 1.54) is 115 Å². The van der Waals surface area contributed by atoms with Gasteiger partial charge in [0.05, 0.1) is 17.8 Å². The number of hydrogen-bond donors (Lipinski definition) is 10. The monoisotopic (exact) mass is 922 g/mol. The van der Waals surface area contributed by atoms with Crippen LogP contribution in [0.4, 0.5) is 0 Å². The average Bonchev–Trinajstić information content (AvgIpc) is 3.85. The summed E-state index contributed by atoms with van der Waals surface area (Å²) in [6.07, 6.45) is -1.81. The smallest absolute Gasteiger partial charge is 0.170 e. The summed E-state index contributed by atoms with van der Waals surface area (Å²) in [6.45, 7) is 0. The fraction of sp³-hybridized carbons (Fsp3) is 0.125. The first-order valence-corrected chi connectivity index (χ1v) is 22.1. The van der Waals surface area contributed by atoms with Crippen molar-refractivity contribution in [2.45, 2.75) is 41.8 Å². The van der Waals surface area contributed by atoms with Gasteiger partial charge in [-0.15, -0.1) is 0 Å². The number of carbonyl (C=O) groups is 1. The molecule has 8 aromatic carbocycles. The lowest BCUT2D eigenvalue weighted by molar-refractivity contribution is 0.0941. The second kappa shape index (κ2) is 16.1. The van der Waals surface area contributed by atoms with Gasteiger partial charge in [0.2, 0.25) is 0 Å². The lowest BCUT2D eigenvalue weighted by Gasteiger charge is -2.36. The van der Waals surface area contributed by atoms with Gasteiger partial charge in [-0.2, -0.15) is 0 Å². The van der Waals surface area contributed by atoms with Crippen LogP contribution < -0.4 is 9.47 Å². The number of fused-ring (bicyclic) bond motifs is 3. The van der Waals surface area contributed by atoms with Crippen molar-refractivity contribution in [1.29, 1.82) is 0 Å². The van der Waals surface area contributed by atoms with E-state index in [0.29, 0.717) is 44.5 Å². The third-order valence-electron chi connectivity index (χ3n) is 13.7. The molecule has 3 aliphatic rings. The van der Waals surface area contributed by atoms with Gasteiger partial charge in [0.1, 0.15) is 81.2 Å². The zero-order valence-corrected chi connectivity index (χ0v) is 36.2. The molecule has 13 heteroatoms. The van der Waals surface area contributed by atoms with Crippen molar-refractivity contribution >= 4 is 5.78 Å². The third kappa shape index (κ3) is 7.22. The highest BCUT2D eigenvalue weighted by Crippen LogP contribution is 2.65. The van der Waals surface area contributed by atoms with Crippen LogP contribution in [0.1, 0.15) is 108 Å². The molecule has 344 valence electrons. The molecule has 1 aliphatic carbocycles. The summed E-state index contributed by atoms with van der Waals surface area (Å²) in [4.78, 5) is 16.2. The van der Waals surface area contributed by atoms with Crippen LogP contribution in [0.25, 0.3) is 0 Å². The van der Waals surface area contributed by atoms with Gasteiger partial charge in [0, 0.05) is 58.4 Å². The van der Waals surface area contributed by atoms with Gasteiger partial charge in [-0.05, 0) is 130 Å². The topological polar surface area (TPSA) is 238 Å². The normalized spacial score (nSPS) is 20.1. The van der Waals surface area contributed by atoms with Gasteiger partial charge in [-0.3, -0.25) is 4.79 Å². The highest BCUT2D eigenvalue weighted by Gasteiger charge is 2.52. The summed E-state index contributed by atoms with van der Waals surface area (Å²) >= 11 is 0. The van der Waals surface area contributed by atoms with Gasteiger partial charge in [-0.25, -0.2) is 0 Å². The maximum absolute atomic E-state index is 16.2. The van der Waals surface area contributed by atoms with Gasteiger partial charge < -0.3 is 60.5 Å². The molecule has 0 amide bonds. The van der Waals surface area contributed by atoms with E-state index in [1.54, 1.807) is 36.4 Å². The molecule has 0 unspecified atom stereocenters. The molecule has 0 spiro atoms. The van der Waals surface area contributed by atoms with E-state index >= 15 is 4.79 Å². The van der Waals surface area contributed by atoms with Crippen LogP contribution in [-0.4, -0.2) is 56.8 Å². The lowest BCUT2D eigenvalue weighted by Crippen LogP contribution is -2.28. The summed E-state index contributed by atoms with van der Waals surface area (Å²) in [5.74, 6) is -7.47. The van der Waals surface area contributed by atoms with E-state index in [2.05, 4.69) is 0 Å². The molecule has 69 heavy (non-hydrogen) atoms. The molecule has 0 bridgehead atoms. The first-order valence-electron chi connectivity index (χ1n) is 22.1. The Hall–Kier alpha value is -8.97. The van der Waals surface area contributed by atoms with Crippen molar-refractivity contribution in [2.75, 3.05) is 0 Å². The first kappa shape index (κ1) is 42.7. The Morgan fingerprint density at radius 2 is 0.826 bits per heavy atom. The quantitative estimate of drug-likeness (QED) is 0.0639. The van der Waals surface area contributed by atoms with E-state index in [9.17, 15) is 51.1 Å². The van der Waals surface area contributed by atoms with Crippen LogP contribution in [0.2, 0.25) is 0 Å². The number of benzene rings is 8. The van der Waals surface area contributed by atoms with Crippen LogP contribution in [0.3, 0.4) is 0 Å². The van der Waals surface area contributed by atoms with Crippen LogP contribution in [0, 0.1) is 0 Å². The second-order valence-electron chi connectivity index (χ2n) is 17.8. The summed E-state index contributed by atoms with van der Waals surface area (Å²) in [5.41, 5.74) is 4.34. The third-order valence-corrected chi connectivity index (χ3v) is 13.7. The van der Waals surface area contributed by atoms with E-state index in [4.69, 9.17) is 9.47 Å². The summed E-state index contributed by atoms with van der Waals surface area (Å²) in [6, 6.07) is 37.2. The molecular formula is C56H42O13. The predicted octanol–water partition coefficient (Wildman–Crippen LogP) is 10.2. The van der Waals surface area contributed by atoms with Gasteiger partial charge in [-0.1, -0.05) is 36.4 Å². The van der Waals surface area contributed by atoms with Crippen LogP contribution in [0.15, 0.2) is 152 Å². The Kier molecular flexibility index (Phi) is 9.97. The molecule has 0 saturated carbocycles. The second-order valence-corrected chi connectivity index (χ2v) is 17.8. The zero-order chi connectivity index (χ0) is 48.0. The van der Waals surface area contributed by atoms with Gasteiger partial charge >= 0.3 is 0 Å². The Morgan fingerprint density at radius 1 is 0.377 bits per heavy atom. The molecule has 8 aromatic rings. The highest BCUT2D eigenvalue weighted by atomic mass is 16.5. The molecule has 2 aliphatic heterocycles. The number of aromatic hydroxyl groups is 10. The summed E-state index contributed by atoms with van der Waals surface area (Å²) in [5, 5.41) is 111. The van der Waals surface area contributed by atoms with Crippen molar-refractivity contribution in [2.24, 2.45) is 0 Å². The van der Waals surface area contributed by atoms with Crippen LogP contribution in [0.5, 0.6) is 69.0 Å². The summed E-state index contributed by atoms with van der Waals surface area (Å²) < 4.78 is 13.5. The van der Waals surface area contributed by atoms with Crippen molar-refractivity contribution in [3.63, 3.8) is 0 Å². The number of phenolic OH excluding ortho intramolecular Hbond substituents is 10. The molecule has 7 atom stereocenters. The molecule has 10 N–H and O–H groups in total. The summed E-state index contributed by atoms with van der Waals surface area (Å²) in [7, 11) is 0. The lowest BCUT2D eigenvalue weighted by atomic mass is 9.65. The fourth-order valence-electron chi connectivity index (χ4n) is 11.0. The van der Waals surface area contributed by atoms with Crippen LogP contribution in [-0.2, 0) is 0 Å². The molecular weight excluding hydrogens is 881 g/mol. The number of carbonyl (C=O) groups excluding carboxylic acids is 1. The van der Waals surface area contributed by atoms with E-state index in [-0.39, 0.29) is 85.7 Å². The zero-order valence-electron chi connectivity index (χ0n) is 36.2. The van der Waals surface area contributed by atoms with Crippen molar-refractivity contribution in [3.8, 4) is 69.0 Å². The SMILES string of the molecule is O=C(c1ccc(O)cc1)[C@H](c1cc(O)cc2c1[C@H](c1cc(O)cc(O)c1)[C@@H](c1ccc(O)cc1)O2)[C@@H]1c2cc(O)cc3c2[C@H](c2cc(O)cc(O)c2[C@@H]1c1ccc(O)cc1)[C@@H](c1ccc(O)cc1)O3. The standard InChI is InChI=1S/C56H42O13/c57-31-9-1-26(2-10-31)46-48-40(20-37(63)23-43(48)66)53-50-41(21-38(64)25-45(50)69-56(53)29-7-15-34(60)16-8-29)51(46)52(54(67)27-3-11-32(58)12-4-27)42-22-39(65)24-44-49(42)47(30-17-35(61)19-36(62)18-30)55(68-44)28-5-13-33(59)14-6-28/h1-25,46-47,51-53,55-66H/t46-,47-,51+,52+,53-,55+,56+/m0/s1. The number of hydrogen-bond acceptors (Lipinski definition) is 13. The van der Waals surface area contributed by atoms with Crippen molar-refractivity contribution in [3.05, 3.63) is 213 Å². The number of ether oxygens (including phenoxy) is 2. The maximum Gasteiger partial charge on any atom is 0.170 e. The number of Topliss-reactive ketones (excluding diaryl/α,β-unsaturated/α-hetero) is 1. The Morgan fingerprint density at radius 3 is 1.39 bits per heavy atom. The molecule has 0 aromatic heterocycles. The van der Waals surface area contributed by atoms with E-state index in [1.807, 2.05) is 0 Å². The first-order chi connectivity index (χ1) is 33.2. The highest BCUT2D eigenvalue weighted by molar-refractivity contribution is 6.02. The molecule has 11 rings (SSSR count). The predicted molar refractivity (Wildman–Crippen MR) is 250 cm³/mol. The minimum atomic E-state index is -1.43. The van der Waals surface area contributed by atoms with Crippen LogP contribution >= 0.6 is 0 Å². The molecule has 2 heterocycles. The molecule has 13 nitrogen and oxygen atoms in total. The van der Waals surface area contributed by atoms with E-state index in [0.717, 1.165) is 0 Å². The molecule has 0 radical (unpaired) electrons. The molecule has 0 fully saturated rings. The fourth-order valence-corrected chi connectivity index (χ4v) is 11.0. The minimum Gasteiger partial charge on any atom is -0.508 e. The van der Waals surface area contributed by atoms with Gasteiger partial charge in [0.25, 0.3) is 0 Å². The Balaban J connectivity index is 1.27. The van der Waals surface area contributed by atoms with Crippen molar-refractivity contribution in [1.82, 2.24) is 0 Å². The average molecular weight is 923 g/mol. The van der Waals surface area contributed by atoms with E-state index < -0.39 is 47.6 Å². The Labute approximate surface area is 393 Å². The number of rotatable bonds is 8. The van der Waals surface area contributed by atoms with Gasteiger partial charge in [0.15, 0.2) is 5.78 Å². The number of ketones is 1. The molecule has 0 saturated heterocycles. The maximum atomic E-state index is 16.2. The minimum absolute atomic E-state index is 0.00157. The largest absolute Gasteiger partial charge is 0.508 e. The Bertz CT molecular complexity index is 3310. The van der Waals surface area contributed by atoms with Crippen molar-refractivity contribution < 1.29 is 65.3 Å².